The summed E-state index contributed by atoms with van der Waals surface area (Å²) < 4.78 is 5.27. The molecule has 54 valence electrons. The second kappa shape index (κ2) is 3.21. The maximum absolute atomic E-state index is 10.9. The third kappa shape index (κ3) is 1.41. The van der Waals surface area contributed by atoms with E-state index in [0.29, 0.717) is 10.2 Å². The van der Waals surface area contributed by atoms with Crippen LogP contribution in [0.15, 0.2) is 21.4 Å². The second-order valence-corrected chi connectivity index (χ2v) is 2.65. The van der Waals surface area contributed by atoms with E-state index < -0.39 is 0 Å². The highest BCUT2D eigenvalue weighted by molar-refractivity contribution is 9.10. The topological polar surface area (TPSA) is 30.2 Å². The Labute approximate surface area is 71.3 Å². The van der Waals surface area contributed by atoms with Crippen molar-refractivity contribution in [2.24, 2.45) is 0 Å². The molecule has 0 saturated carbocycles. The Hall–Kier alpha value is -0.280. The minimum atomic E-state index is -0.137. The van der Waals surface area contributed by atoms with Gasteiger partial charge in [0.1, 0.15) is 0 Å². The Kier molecular flexibility index (Phi) is 2.51. The molecule has 0 spiro atoms. The van der Waals surface area contributed by atoms with E-state index in [0.717, 1.165) is 0 Å². The highest BCUT2D eigenvalue weighted by Gasteiger charge is 2.10. The fourth-order valence-electron chi connectivity index (χ4n) is 0.565. The van der Waals surface area contributed by atoms with E-state index >= 15 is 0 Å². The molecule has 0 aromatic carbocycles. The van der Waals surface area contributed by atoms with Crippen molar-refractivity contribution < 1.29 is 9.21 Å². The number of ketones is 1. The first-order chi connectivity index (χ1) is 4.75. The predicted molar refractivity (Wildman–Crippen MR) is 41.5 cm³/mol. The van der Waals surface area contributed by atoms with E-state index in [2.05, 4.69) is 15.9 Å². The zero-order chi connectivity index (χ0) is 7.56. The summed E-state index contributed by atoms with van der Waals surface area (Å²) in [7, 11) is 0. The standard InChI is InChI=1S/C6H4BrClO2/c7-6-4(1-2-10-6)5(9)3-8/h1-2H,3H2. The first-order valence-electron chi connectivity index (χ1n) is 2.58. The van der Waals surface area contributed by atoms with E-state index in [9.17, 15) is 4.79 Å². The Balaban J connectivity index is 2.93. The molecule has 0 amide bonds. The number of carbonyl (C=O) groups excluding carboxylic acids is 1. The van der Waals surface area contributed by atoms with Crippen molar-refractivity contribution in [2.75, 3.05) is 5.88 Å². The van der Waals surface area contributed by atoms with Crippen molar-refractivity contribution >= 4 is 33.3 Å². The first-order valence-corrected chi connectivity index (χ1v) is 3.90. The van der Waals surface area contributed by atoms with Crippen LogP contribution < -0.4 is 0 Å². The van der Waals surface area contributed by atoms with Gasteiger partial charge in [0.2, 0.25) is 0 Å². The van der Waals surface area contributed by atoms with Crippen molar-refractivity contribution in [1.29, 1.82) is 0 Å². The van der Waals surface area contributed by atoms with Crippen LogP contribution in [0.2, 0.25) is 0 Å². The molecule has 0 aliphatic rings. The molecule has 0 radical (unpaired) electrons. The maximum Gasteiger partial charge on any atom is 0.182 e. The fraction of sp³-hybridized carbons (Fsp3) is 0.167. The van der Waals surface area contributed by atoms with E-state index in [1.54, 1.807) is 6.07 Å². The summed E-state index contributed by atoms with van der Waals surface area (Å²) in [6.45, 7) is 0. The Morgan fingerprint density at radius 3 is 2.90 bits per heavy atom. The minimum Gasteiger partial charge on any atom is -0.457 e. The van der Waals surface area contributed by atoms with Gasteiger partial charge < -0.3 is 4.42 Å². The average Bonchev–Trinajstić information content (AvgIpc) is 2.34. The summed E-state index contributed by atoms with van der Waals surface area (Å²) in [5.41, 5.74) is 0.495. The SMILES string of the molecule is O=C(CCl)c1ccoc1Br. The first kappa shape index (κ1) is 7.82. The van der Waals surface area contributed by atoms with Crippen molar-refractivity contribution in [2.45, 2.75) is 0 Å². The van der Waals surface area contributed by atoms with Gasteiger partial charge >= 0.3 is 0 Å². The zero-order valence-corrected chi connectivity index (χ0v) is 7.28. The molecule has 1 rings (SSSR count). The molecule has 1 heterocycles. The molecule has 0 N–H and O–H groups in total. The van der Waals surface area contributed by atoms with Gasteiger partial charge in [0.15, 0.2) is 10.5 Å². The zero-order valence-electron chi connectivity index (χ0n) is 4.93. The van der Waals surface area contributed by atoms with Gasteiger partial charge in [-0.3, -0.25) is 4.79 Å². The van der Waals surface area contributed by atoms with Gasteiger partial charge in [-0.1, -0.05) is 0 Å². The lowest BCUT2D eigenvalue weighted by molar-refractivity contribution is 0.101. The lowest BCUT2D eigenvalue weighted by atomic mass is 10.2. The monoisotopic (exact) mass is 222 g/mol. The molecule has 1 aromatic rings. The van der Waals surface area contributed by atoms with Crippen LogP contribution in [0.25, 0.3) is 0 Å². The molecule has 0 aliphatic carbocycles. The molecule has 0 saturated heterocycles. The number of furan rings is 1. The van der Waals surface area contributed by atoms with Crippen LogP contribution in [-0.2, 0) is 0 Å². The molecule has 0 fully saturated rings. The van der Waals surface area contributed by atoms with E-state index in [4.69, 9.17) is 16.0 Å². The molecule has 0 bridgehead atoms. The van der Waals surface area contributed by atoms with Gasteiger partial charge in [-0.15, -0.1) is 11.6 Å². The normalized spacial score (nSPS) is 9.80. The fourth-order valence-corrected chi connectivity index (χ4v) is 1.17. The average molecular weight is 223 g/mol. The van der Waals surface area contributed by atoms with E-state index in [-0.39, 0.29) is 11.7 Å². The lowest BCUT2D eigenvalue weighted by Gasteiger charge is -1.88. The largest absolute Gasteiger partial charge is 0.457 e. The van der Waals surface area contributed by atoms with Gasteiger partial charge in [0.25, 0.3) is 0 Å². The Bertz CT molecular complexity index is 244. The summed E-state index contributed by atoms with van der Waals surface area (Å²) in [6.07, 6.45) is 1.43. The van der Waals surface area contributed by atoms with Crippen molar-refractivity contribution in [3.63, 3.8) is 0 Å². The van der Waals surface area contributed by atoms with Crippen molar-refractivity contribution in [3.05, 3.63) is 22.6 Å². The second-order valence-electron chi connectivity index (χ2n) is 1.66. The summed E-state index contributed by atoms with van der Waals surface area (Å²) in [6, 6.07) is 1.58. The van der Waals surface area contributed by atoms with Gasteiger partial charge in [-0.25, -0.2) is 0 Å². The van der Waals surface area contributed by atoms with Crippen molar-refractivity contribution in [3.8, 4) is 0 Å². The van der Waals surface area contributed by atoms with E-state index in [1.165, 1.54) is 6.26 Å². The molecule has 0 atom stereocenters. The highest BCUT2D eigenvalue weighted by Crippen LogP contribution is 2.17. The van der Waals surface area contributed by atoms with Crippen LogP contribution >= 0.6 is 27.5 Å². The van der Waals surface area contributed by atoms with Crippen LogP contribution in [0.3, 0.4) is 0 Å². The molecule has 0 aliphatic heterocycles. The molecule has 1 aromatic heterocycles. The van der Waals surface area contributed by atoms with Crippen LogP contribution in [0.5, 0.6) is 0 Å². The number of carbonyl (C=O) groups is 1. The van der Waals surface area contributed by atoms with Gasteiger partial charge in [-0.2, -0.15) is 0 Å². The number of Topliss-reactive ketones (excluding diaryl/α,β-unsaturated/α-hetero) is 1. The number of hydrogen-bond acceptors (Lipinski definition) is 2. The van der Waals surface area contributed by atoms with Gasteiger partial charge in [0, 0.05) is 0 Å². The summed E-state index contributed by atoms with van der Waals surface area (Å²) in [5.74, 6) is -0.153. The quantitative estimate of drug-likeness (QED) is 0.569. The molecular formula is C6H4BrClO2. The third-order valence-electron chi connectivity index (χ3n) is 1.04. The molecule has 4 heteroatoms. The summed E-state index contributed by atoms with van der Waals surface area (Å²) >= 11 is 8.36. The highest BCUT2D eigenvalue weighted by atomic mass is 79.9. The molecule has 2 nitrogen and oxygen atoms in total. The van der Waals surface area contributed by atoms with Gasteiger partial charge in [0.05, 0.1) is 17.7 Å². The van der Waals surface area contributed by atoms with Crippen LogP contribution in [0.1, 0.15) is 10.4 Å². The van der Waals surface area contributed by atoms with Crippen LogP contribution in [-0.4, -0.2) is 11.7 Å². The maximum atomic E-state index is 10.9. The predicted octanol–water partition coefficient (Wildman–Crippen LogP) is 2.46. The van der Waals surface area contributed by atoms with Crippen LogP contribution in [0.4, 0.5) is 0 Å². The molecule has 10 heavy (non-hydrogen) atoms. The van der Waals surface area contributed by atoms with Crippen molar-refractivity contribution in [1.82, 2.24) is 0 Å². The smallest absolute Gasteiger partial charge is 0.182 e. The number of alkyl halides is 1. The number of hydrogen-bond donors (Lipinski definition) is 0. The lowest BCUT2D eigenvalue weighted by Crippen LogP contribution is -1.98. The Morgan fingerprint density at radius 1 is 1.80 bits per heavy atom. The molecular weight excluding hydrogens is 219 g/mol. The summed E-state index contributed by atoms with van der Waals surface area (Å²) in [4.78, 5) is 10.9. The number of halogens is 2. The Morgan fingerprint density at radius 2 is 2.50 bits per heavy atom. The molecule has 0 unspecified atom stereocenters. The minimum absolute atomic E-state index is 0.0157. The summed E-state index contributed by atoms with van der Waals surface area (Å²) in [5, 5.41) is 0. The van der Waals surface area contributed by atoms with Gasteiger partial charge in [-0.05, 0) is 22.0 Å². The van der Waals surface area contributed by atoms with Crippen LogP contribution in [0, 0.1) is 0 Å². The van der Waals surface area contributed by atoms with E-state index in [1.807, 2.05) is 0 Å². The third-order valence-corrected chi connectivity index (χ3v) is 1.90. The number of rotatable bonds is 2.